The molecule has 1 aromatic carbocycles. The molecule has 5 heteroatoms. The Labute approximate surface area is 138 Å². The second-order valence-electron chi connectivity index (χ2n) is 5.41. The maximum Gasteiger partial charge on any atom is 0.170 e. The zero-order valence-electron chi connectivity index (χ0n) is 13.0. The van der Waals surface area contributed by atoms with E-state index in [1.807, 2.05) is 24.3 Å². The molecule has 2 rings (SSSR count). The van der Waals surface area contributed by atoms with E-state index in [1.54, 1.807) is 6.08 Å². The second kappa shape index (κ2) is 9.43. The van der Waals surface area contributed by atoms with Gasteiger partial charge >= 0.3 is 0 Å². The normalized spacial score (nSPS) is 14.5. The quantitative estimate of drug-likeness (QED) is 0.438. The molecule has 1 aliphatic heterocycles. The first-order valence-electron chi connectivity index (χ1n) is 7.89. The largest absolute Gasteiger partial charge is 0.489 e. The average Bonchev–Trinajstić information content (AvgIpc) is 3.03. The van der Waals surface area contributed by atoms with Crippen molar-refractivity contribution in [2.45, 2.75) is 19.3 Å². The third-order valence-electron chi connectivity index (χ3n) is 3.60. The van der Waals surface area contributed by atoms with Gasteiger partial charge in [-0.05, 0) is 63.2 Å². The summed E-state index contributed by atoms with van der Waals surface area (Å²) in [7, 11) is 0. The Balaban J connectivity index is 1.66. The van der Waals surface area contributed by atoms with E-state index in [-0.39, 0.29) is 0 Å². The maximum atomic E-state index is 5.51. The summed E-state index contributed by atoms with van der Waals surface area (Å²) in [6.07, 6.45) is 5.53. The Morgan fingerprint density at radius 3 is 2.95 bits per heavy atom. The van der Waals surface area contributed by atoms with Gasteiger partial charge in [0.25, 0.3) is 0 Å². The molecule has 22 heavy (non-hydrogen) atoms. The van der Waals surface area contributed by atoms with Crippen LogP contribution in [0.2, 0.25) is 0 Å². The number of rotatable bonds is 8. The SMILES string of the molecule is C=CCOc1cccc(NC(=S)NCCCN2CCCC2)c1. The molecule has 0 aliphatic carbocycles. The summed E-state index contributed by atoms with van der Waals surface area (Å²) in [5.74, 6) is 0.807. The van der Waals surface area contributed by atoms with Gasteiger partial charge in [-0.15, -0.1) is 0 Å². The number of likely N-dealkylation sites (tertiary alicyclic amines) is 1. The molecular formula is C17H25N3OS. The van der Waals surface area contributed by atoms with Crippen LogP contribution in [0.1, 0.15) is 19.3 Å². The molecule has 1 saturated heterocycles. The molecule has 0 aromatic heterocycles. The fraction of sp³-hybridized carbons (Fsp3) is 0.471. The summed E-state index contributed by atoms with van der Waals surface area (Å²) in [4.78, 5) is 2.51. The third-order valence-corrected chi connectivity index (χ3v) is 3.84. The number of benzene rings is 1. The highest BCUT2D eigenvalue weighted by Crippen LogP contribution is 2.17. The van der Waals surface area contributed by atoms with Gasteiger partial charge in [0.15, 0.2) is 5.11 Å². The minimum atomic E-state index is 0.503. The van der Waals surface area contributed by atoms with E-state index in [4.69, 9.17) is 17.0 Å². The zero-order valence-corrected chi connectivity index (χ0v) is 13.8. The second-order valence-corrected chi connectivity index (χ2v) is 5.82. The molecule has 1 aromatic rings. The molecule has 1 fully saturated rings. The number of anilines is 1. The molecule has 0 atom stereocenters. The van der Waals surface area contributed by atoms with Gasteiger partial charge in [0.1, 0.15) is 12.4 Å². The Morgan fingerprint density at radius 2 is 2.18 bits per heavy atom. The standard InChI is InChI=1S/C17H25N3OS/c1-2-13-21-16-8-5-7-15(14-16)19-17(22)18-9-6-12-20-10-3-4-11-20/h2,5,7-8,14H,1,3-4,6,9-13H2,(H2,18,19,22). The Kier molecular flexibility index (Phi) is 7.19. The van der Waals surface area contributed by atoms with Gasteiger partial charge in [-0.3, -0.25) is 0 Å². The number of nitrogens with zero attached hydrogens (tertiary/aromatic N) is 1. The average molecular weight is 319 g/mol. The van der Waals surface area contributed by atoms with Gasteiger partial charge in [-0.2, -0.15) is 0 Å². The van der Waals surface area contributed by atoms with Crippen LogP contribution in [0.5, 0.6) is 5.75 Å². The minimum absolute atomic E-state index is 0.503. The van der Waals surface area contributed by atoms with Crippen LogP contribution in [0.4, 0.5) is 5.69 Å². The lowest BCUT2D eigenvalue weighted by Gasteiger charge is -2.15. The molecule has 0 spiro atoms. The van der Waals surface area contributed by atoms with Crippen molar-refractivity contribution in [3.63, 3.8) is 0 Å². The van der Waals surface area contributed by atoms with E-state index < -0.39 is 0 Å². The van der Waals surface area contributed by atoms with Crippen molar-refractivity contribution in [2.24, 2.45) is 0 Å². The Morgan fingerprint density at radius 1 is 1.36 bits per heavy atom. The Hall–Kier alpha value is -1.59. The van der Waals surface area contributed by atoms with Crippen LogP contribution in [0.3, 0.4) is 0 Å². The predicted molar refractivity (Wildman–Crippen MR) is 96.6 cm³/mol. The number of hydrogen-bond acceptors (Lipinski definition) is 3. The van der Waals surface area contributed by atoms with Crippen molar-refractivity contribution in [2.75, 3.05) is 38.1 Å². The van der Waals surface area contributed by atoms with Gasteiger partial charge in [-0.25, -0.2) is 0 Å². The van der Waals surface area contributed by atoms with Gasteiger partial charge < -0.3 is 20.3 Å². The number of ether oxygens (including phenoxy) is 1. The molecule has 2 N–H and O–H groups in total. The first-order chi connectivity index (χ1) is 10.8. The highest BCUT2D eigenvalue weighted by atomic mass is 32.1. The Bertz CT molecular complexity index is 487. The summed E-state index contributed by atoms with van der Waals surface area (Å²) in [5.41, 5.74) is 0.929. The van der Waals surface area contributed by atoms with Crippen molar-refractivity contribution in [1.82, 2.24) is 10.2 Å². The smallest absolute Gasteiger partial charge is 0.170 e. The van der Waals surface area contributed by atoms with Gasteiger partial charge in [0.05, 0.1) is 0 Å². The highest BCUT2D eigenvalue weighted by Gasteiger charge is 2.10. The minimum Gasteiger partial charge on any atom is -0.489 e. The van der Waals surface area contributed by atoms with Gasteiger partial charge in [-0.1, -0.05) is 18.7 Å². The predicted octanol–water partition coefficient (Wildman–Crippen LogP) is 3.02. The van der Waals surface area contributed by atoms with Crippen molar-refractivity contribution in [1.29, 1.82) is 0 Å². The van der Waals surface area contributed by atoms with Crippen molar-refractivity contribution in [3.05, 3.63) is 36.9 Å². The van der Waals surface area contributed by atoms with Crippen LogP contribution in [-0.4, -0.2) is 42.8 Å². The molecular weight excluding hydrogens is 294 g/mol. The fourth-order valence-electron chi connectivity index (χ4n) is 2.50. The molecule has 4 nitrogen and oxygen atoms in total. The summed E-state index contributed by atoms with van der Waals surface area (Å²) < 4.78 is 5.51. The monoisotopic (exact) mass is 319 g/mol. The van der Waals surface area contributed by atoms with Crippen molar-refractivity contribution >= 4 is 23.0 Å². The van der Waals surface area contributed by atoms with E-state index in [2.05, 4.69) is 22.1 Å². The van der Waals surface area contributed by atoms with Crippen LogP contribution < -0.4 is 15.4 Å². The summed E-state index contributed by atoms with van der Waals surface area (Å²) >= 11 is 5.32. The van der Waals surface area contributed by atoms with Gasteiger partial charge in [0, 0.05) is 18.3 Å². The molecule has 0 saturated carbocycles. The fourth-order valence-corrected chi connectivity index (χ4v) is 2.72. The summed E-state index contributed by atoms with van der Waals surface area (Å²) in [5, 5.41) is 7.10. The highest BCUT2D eigenvalue weighted by molar-refractivity contribution is 7.80. The summed E-state index contributed by atoms with van der Waals surface area (Å²) in [6, 6.07) is 7.76. The van der Waals surface area contributed by atoms with E-state index in [0.29, 0.717) is 11.7 Å². The van der Waals surface area contributed by atoms with E-state index in [0.717, 1.165) is 30.9 Å². The lowest BCUT2D eigenvalue weighted by Crippen LogP contribution is -2.31. The van der Waals surface area contributed by atoms with E-state index >= 15 is 0 Å². The van der Waals surface area contributed by atoms with Crippen LogP contribution in [0, 0.1) is 0 Å². The number of thiocarbonyl (C=S) groups is 1. The zero-order chi connectivity index (χ0) is 15.6. The molecule has 1 aliphatic rings. The molecule has 1 heterocycles. The van der Waals surface area contributed by atoms with Crippen LogP contribution in [0.25, 0.3) is 0 Å². The molecule has 0 amide bonds. The first-order valence-corrected chi connectivity index (χ1v) is 8.30. The number of nitrogens with one attached hydrogen (secondary N) is 2. The molecule has 120 valence electrons. The maximum absolute atomic E-state index is 5.51. The van der Waals surface area contributed by atoms with Crippen molar-refractivity contribution < 1.29 is 4.74 Å². The van der Waals surface area contributed by atoms with E-state index in [9.17, 15) is 0 Å². The van der Waals surface area contributed by atoms with Crippen LogP contribution >= 0.6 is 12.2 Å². The topological polar surface area (TPSA) is 36.5 Å². The van der Waals surface area contributed by atoms with Crippen LogP contribution in [-0.2, 0) is 0 Å². The first kappa shape index (κ1) is 16.8. The third kappa shape index (κ3) is 6.03. The lowest BCUT2D eigenvalue weighted by atomic mass is 10.3. The molecule has 0 unspecified atom stereocenters. The van der Waals surface area contributed by atoms with Crippen LogP contribution in [0.15, 0.2) is 36.9 Å². The van der Waals surface area contributed by atoms with Crippen molar-refractivity contribution in [3.8, 4) is 5.75 Å². The van der Waals surface area contributed by atoms with E-state index in [1.165, 1.54) is 25.9 Å². The molecule has 0 bridgehead atoms. The lowest BCUT2D eigenvalue weighted by molar-refractivity contribution is 0.334. The number of hydrogen-bond donors (Lipinski definition) is 2. The molecule has 0 radical (unpaired) electrons. The van der Waals surface area contributed by atoms with Gasteiger partial charge in [0.2, 0.25) is 0 Å². The summed E-state index contributed by atoms with van der Waals surface area (Å²) in [6.45, 7) is 8.70.